The first-order valence-electron chi connectivity index (χ1n) is 7.25. The zero-order chi connectivity index (χ0) is 14.8. The van der Waals surface area contributed by atoms with Gasteiger partial charge in [0, 0.05) is 32.2 Å². The Morgan fingerprint density at radius 2 is 2.05 bits per heavy atom. The number of para-hydroxylation sites is 1. The zero-order valence-electron chi connectivity index (χ0n) is 13.1. The van der Waals surface area contributed by atoms with Crippen LogP contribution in [0.25, 0.3) is 0 Å². The van der Waals surface area contributed by atoms with Crippen molar-refractivity contribution in [2.45, 2.75) is 39.3 Å². The lowest BCUT2D eigenvalue weighted by Gasteiger charge is -2.20. The number of nitrogens with one attached hydrogen (secondary N) is 1. The minimum atomic E-state index is 0.0937. The molecule has 0 saturated carbocycles. The molecule has 0 aliphatic carbocycles. The van der Waals surface area contributed by atoms with Gasteiger partial charge in [-0.2, -0.15) is 0 Å². The molecule has 0 aliphatic heterocycles. The van der Waals surface area contributed by atoms with E-state index in [1.165, 1.54) is 0 Å². The zero-order valence-corrected chi connectivity index (χ0v) is 13.1. The van der Waals surface area contributed by atoms with Crippen molar-refractivity contribution in [2.24, 2.45) is 0 Å². The van der Waals surface area contributed by atoms with E-state index < -0.39 is 0 Å². The van der Waals surface area contributed by atoms with E-state index >= 15 is 0 Å². The summed E-state index contributed by atoms with van der Waals surface area (Å²) in [4.78, 5) is 0. The normalized spacial score (nSPS) is 12.2. The van der Waals surface area contributed by atoms with Crippen LogP contribution in [0.4, 0.5) is 0 Å². The highest BCUT2D eigenvalue weighted by Crippen LogP contribution is 2.32. The Kier molecular flexibility index (Phi) is 8.07. The highest BCUT2D eigenvalue weighted by atomic mass is 16.5. The van der Waals surface area contributed by atoms with Gasteiger partial charge in [0.1, 0.15) is 0 Å². The van der Waals surface area contributed by atoms with Gasteiger partial charge >= 0.3 is 0 Å². The SMILES string of the molecule is CCCNCc1cccc(OC)c1OC(C)CCOC. The summed E-state index contributed by atoms with van der Waals surface area (Å²) in [5.74, 6) is 1.62. The first kappa shape index (κ1) is 16.8. The summed E-state index contributed by atoms with van der Waals surface area (Å²) in [5, 5.41) is 3.40. The number of methoxy groups -OCH3 is 2. The van der Waals surface area contributed by atoms with Crippen molar-refractivity contribution in [1.29, 1.82) is 0 Å². The Balaban J connectivity index is 2.77. The summed E-state index contributed by atoms with van der Waals surface area (Å²) in [6, 6.07) is 6.00. The number of hydrogen-bond donors (Lipinski definition) is 1. The van der Waals surface area contributed by atoms with Crippen molar-refractivity contribution >= 4 is 0 Å². The van der Waals surface area contributed by atoms with E-state index in [9.17, 15) is 0 Å². The third-order valence-corrected chi connectivity index (χ3v) is 3.07. The Morgan fingerprint density at radius 3 is 2.70 bits per heavy atom. The molecule has 1 unspecified atom stereocenters. The van der Waals surface area contributed by atoms with E-state index in [-0.39, 0.29) is 6.10 Å². The molecule has 0 spiro atoms. The molecule has 1 N–H and O–H groups in total. The van der Waals surface area contributed by atoms with Crippen molar-refractivity contribution in [2.75, 3.05) is 27.4 Å². The van der Waals surface area contributed by atoms with Crippen LogP contribution < -0.4 is 14.8 Å². The standard InChI is InChI=1S/C16H27NO3/c1-5-10-17-12-14-7-6-8-15(19-4)16(14)20-13(2)9-11-18-3/h6-8,13,17H,5,9-12H2,1-4H3. The Hall–Kier alpha value is -1.26. The van der Waals surface area contributed by atoms with E-state index in [4.69, 9.17) is 14.2 Å². The van der Waals surface area contributed by atoms with Gasteiger partial charge in [0.2, 0.25) is 0 Å². The van der Waals surface area contributed by atoms with Crippen molar-refractivity contribution < 1.29 is 14.2 Å². The van der Waals surface area contributed by atoms with Gasteiger partial charge in [-0.05, 0) is 26.0 Å². The van der Waals surface area contributed by atoms with Gasteiger partial charge in [-0.15, -0.1) is 0 Å². The second kappa shape index (κ2) is 9.61. The number of benzene rings is 1. The molecule has 114 valence electrons. The molecular weight excluding hydrogens is 254 g/mol. The maximum absolute atomic E-state index is 6.06. The molecule has 1 rings (SSSR count). The van der Waals surface area contributed by atoms with Crippen LogP contribution >= 0.6 is 0 Å². The smallest absolute Gasteiger partial charge is 0.166 e. The molecule has 4 heteroatoms. The van der Waals surface area contributed by atoms with Crippen LogP contribution in [-0.4, -0.2) is 33.5 Å². The predicted molar refractivity (Wildman–Crippen MR) is 81.6 cm³/mol. The summed E-state index contributed by atoms with van der Waals surface area (Å²) in [5.41, 5.74) is 1.13. The molecule has 0 bridgehead atoms. The van der Waals surface area contributed by atoms with Gasteiger partial charge in [-0.1, -0.05) is 19.1 Å². The van der Waals surface area contributed by atoms with Crippen LogP contribution in [-0.2, 0) is 11.3 Å². The third kappa shape index (κ3) is 5.39. The van der Waals surface area contributed by atoms with Crippen molar-refractivity contribution in [3.63, 3.8) is 0 Å². The quantitative estimate of drug-likeness (QED) is 0.669. The van der Waals surface area contributed by atoms with Gasteiger partial charge in [0.15, 0.2) is 11.5 Å². The lowest BCUT2D eigenvalue weighted by atomic mass is 10.1. The topological polar surface area (TPSA) is 39.7 Å². The van der Waals surface area contributed by atoms with Crippen molar-refractivity contribution in [3.05, 3.63) is 23.8 Å². The molecule has 0 aromatic heterocycles. The highest BCUT2D eigenvalue weighted by molar-refractivity contribution is 5.46. The van der Waals surface area contributed by atoms with Gasteiger partial charge < -0.3 is 19.5 Å². The van der Waals surface area contributed by atoms with Crippen LogP contribution in [0.2, 0.25) is 0 Å². The Bertz CT molecular complexity index is 382. The lowest BCUT2D eigenvalue weighted by Crippen LogP contribution is -2.18. The number of hydrogen-bond acceptors (Lipinski definition) is 4. The summed E-state index contributed by atoms with van der Waals surface area (Å²) in [6.07, 6.45) is 2.07. The summed E-state index contributed by atoms with van der Waals surface area (Å²) >= 11 is 0. The van der Waals surface area contributed by atoms with Gasteiger partial charge in [0.25, 0.3) is 0 Å². The fourth-order valence-electron chi connectivity index (χ4n) is 1.94. The van der Waals surface area contributed by atoms with Crippen LogP contribution in [0, 0.1) is 0 Å². The second-order valence-electron chi connectivity index (χ2n) is 4.84. The Morgan fingerprint density at radius 1 is 1.25 bits per heavy atom. The van der Waals surface area contributed by atoms with Crippen LogP contribution in [0.5, 0.6) is 11.5 Å². The molecule has 0 saturated heterocycles. The van der Waals surface area contributed by atoms with Crippen molar-refractivity contribution in [1.82, 2.24) is 5.32 Å². The molecule has 0 fully saturated rings. The predicted octanol–water partition coefficient (Wildman–Crippen LogP) is 3.00. The Labute approximate surface area is 122 Å². The van der Waals surface area contributed by atoms with Crippen LogP contribution in [0.15, 0.2) is 18.2 Å². The summed E-state index contributed by atoms with van der Waals surface area (Å²) in [6.45, 7) is 6.69. The van der Waals surface area contributed by atoms with Crippen LogP contribution in [0.1, 0.15) is 32.3 Å². The third-order valence-electron chi connectivity index (χ3n) is 3.07. The van der Waals surface area contributed by atoms with E-state index in [1.807, 2.05) is 12.1 Å². The van der Waals surface area contributed by atoms with Crippen molar-refractivity contribution in [3.8, 4) is 11.5 Å². The van der Waals surface area contributed by atoms with E-state index in [1.54, 1.807) is 14.2 Å². The lowest BCUT2D eigenvalue weighted by molar-refractivity contribution is 0.132. The molecule has 20 heavy (non-hydrogen) atoms. The molecule has 0 amide bonds. The first-order chi connectivity index (χ1) is 9.72. The molecule has 1 aromatic carbocycles. The summed E-state index contributed by atoms with van der Waals surface area (Å²) < 4.78 is 16.6. The average molecular weight is 281 g/mol. The first-order valence-corrected chi connectivity index (χ1v) is 7.25. The highest BCUT2D eigenvalue weighted by Gasteiger charge is 2.13. The fraction of sp³-hybridized carbons (Fsp3) is 0.625. The van der Waals surface area contributed by atoms with Gasteiger partial charge in [-0.25, -0.2) is 0 Å². The maximum Gasteiger partial charge on any atom is 0.166 e. The molecule has 1 aromatic rings. The molecule has 0 radical (unpaired) electrons. The van der Waals surface area contributed by atoms with Crippen LogP contribution in [0.3, 0.4) is 0 Å². The number of rotatable bonds is 10. The van der Waals surface area contributed by atoms with E-state index in [0.29, 0.717) is 6.61 Å². The maximum atomic E-state index is 6.06. The molecular formula is C16H27NO3. The molecule has 0 heterocycles. The fourth-order valence-corrected chi connectivity index (χ4v) is 1.94. The minimum Gasteiger partial charge on any atom is -0.493 e. The van der Waals surface area contributed by atoms with Gasteiger partial charge in [-0.3, -0.25) is 0 Å². The van der Waals surface area contributed by atoms with E-state index in [2.05, 4.69) is 25.2 Å². The molecule has 0 aliphatic rings. The minimum absolute atomic E-state index is 0.0937. The largest absolute Gasteiger partial charge is 0.493 e. The monoisotopic (exact) mass is 281 g/mol. The van der Waals surface area contributed by atoms with Gasteiger partial charge in [0.05, 0.1) is 13.2 Å². The molecule has 4 nitrogen and oxygen atoms in total. The average Bonchev–Trinajstić information content (AvgIpc) is 2.46. The van der Waals surface area contributed by atoms with E-state index in [0.717, 1.165) is 43.0 Å². The number of ether oxygens (including phenoxy) is 3. The molecule has 1 atom stereocenters. The summed E-state index contributed by atoms with van der Waals surface area (Å²) in [7, 11) is 3.38. The second-order valence-corrected chi connectivity index (χ2v) is 4.84.